The Bertz CT molecular complexity index is 661. The lowest BCUT2D eigenvalue weighted by molar-refractivity contribution is 0.0907. The van der Waals surface area contributed by atoms with Gasteiger partial charge in [-0.15, -0.1) is 0 Å². The predicted octanol–water partition coefficient (Wildman–Crippen LogP) is 2.01. The Balaban J connectivity index is 1.82. The molecule has 0 aliphatic rings. The molecule has 2 rings (SSSR count). The maximum absolute atomic E-state index is 13.5. The van der Waals surface area contributed by atoms with E-state index in [-0.39, 0.29) is 12.1 Å². The fourth-order valence-electron chi connectivity index (χ4n) is 2.38. The number of nitrogens with one attached hydrogen (secondary N) is 1. The first-order valence-corrected chi connectivity index (χ1v) is 7.59. The molecular formula is C18H21FN2O2. The zero-order chi connectivity index (χ0) is 16.7. The minimum absolute atomic E-state index is 0.0202. The first-order chi connectivity index (χ1) is 11.1. The average molecular weight is 316 g/mol. The lowest BCUT2D eigenvalue weighted by atomic mass is 10.0. The van der Waals surface area contributed by atoms with Crippen LogP contribution >= 0.6 is 0 Å². The Morgan fingerprint density at radius 2 is 1.78 bits per heavy atom. The van der Waals surface area contributed by atoms with E-state index in [1.165, 1.54) is 18.2 Å². The highest BCUT2D eigenvalue weighted by molar-refractivity contribution is 5.94. The van der Waals surface area contributed by atoms with Crippen LogP contribution in [0, 0.1) is 5.82 Å². The number of hydrogen-bond acceptors (Lipinski definition) is 3. The third-order valence-corrected chi connectivity index (χ3v) is 3.70. The first kappa shape index (κ1) is 17.1. The maximum Gasteiger partial charge on any atom is 0.254 e. The highest BCUT2D eigenvalue weighted by Crippen LogP contribution is 2.12. The molecule has 1 amide bonds. The summed E-state index contributed by atoms with van der Waals surface area (Å²) in [6.07, 6.45) is 0.468. The summed E-state index contributed by atoms with van der Waals surface area (Å²) in [6.45, 7) is 0.536. The number of carbonyl (C=O) groups is 1. The summed E-state index contributed by atoms with van der Waals surface area (Å²) in [4.78, 5) is 11.9. The molecule has 4 nitrogen and oxygen atoms in total. The van der Waals surface area contributed by atoms with E-state index in [9.17, 15) is 14.3 Å². The van der Waals surface area contributed by atoms with Gasteiger partial charge in [0.25, 0.3) is 5.91 Å². The van der Waals surface area contributed by atoms with Crippen molar-refractivity contribution < 1.29 is 14.3 Å². The van der Waals surface area contributed by atoms with Gasteiger partial charge in [0.15, 0.2) is 0 Å². The van der Waals surface area contributed by atoms with Gasteiger partial charge in [-0.3, -0.25) is 4.79 Å². The Kier molecular flexibility index (Phi) is 6.26. The second-order valence-corrected chi connectivity index (χ2v) is 5.36. The molecule has 0 unspecified atom stereocenters. The number of halogens is 1. The molecule has 0 aromatic heterocycles. The maximum atomic E-state index is 13.5. The van der Waals surface area contributed by atoms with Crippen molar-refractivity contribution in [2.45, 2.75) is 25.5 Å². The van der Waals surface area contributed by atoms with Crippen molar-refractivity contribution >= 4 is 5.91 Å². The van der Waals surface area contributed by atoms with E-state index < -0.39 is 17.8 Å². The number of carbonyl (C=O) groups excluding carboxylic acids is 1. The van der Waals surface area contributed by atoms with E-state index >= 15 is 0 Å². The van der Waals surface area contributed by atoms with Crippen LogP contribution in [0.5, 0.6) is 0 Å². The summed E-state index contributed by atoms with van der Waals surface area (Å²) in [5, 5.41) is 12.6. The van der Waals surface area contributed by atoms with Crippen LogP contribution in [0.1, 0.15) is 27.9 Å². The fraction of sp³-hybridized carbons (Fsp3) is 0.278. The zero-order valence-electron chi connectivity index (χ0n) is 12.8. The van der Waals surface area contributed by atoms with Crippen LogP contribution in [0.15, 0.2) is 48.5 Å². The lowest BCUT2D eigenvalue weighted by Crippen LogP contribution is -2.32. The highest BCUT2D eigenvalue weighted by atomic mass is 19.1. The molecule has 0 radical (unpaired) electrons. The molecule has 0 aliphatic heterocycles. The Morgan fingerprint density at radius 3 is 2.48 bits per heavy atom. The summed E-state index contributed by atoms with van der Waals surface area (Å²) in [7, 11) is 0. The smallest absolute Gasteiger partial charge is 0.254 e. The second kappa shape index (κ2) is 8.41. The molecule has 0 saturated carbocycles. The normalized spacial score (nSPS) is 12.0. The zero-order valence-corrected chi connectivity index (χ0v) is 12.8. The molecule has 0 heterocycles. The second-order valence-electron chi connectivity index (χ2n) is 5.36. The number of hydrogen-bond donors (Lipinski definition) is 3. The van der Waals surface area contributed by atoms with E-state index in [1.54, 1.807) is 6.07 Å². The topological polar surface area (TPSA) is 75.3 Å². The van der Waals surface area contributed by atoms with Gasteiger partial charge in [0.05, 0.1) is 11.7 Å². The number of rotatable bonds is 7. The van der Waals surface area contributed by atoms with Crippen molar-refractivity contribution in [1.29, 1.82) is 0 Å². The summed E-state index contributed by atoms with van der Waals surface area (Å²) in [5.74, 6) is -1.10. The van der Waals surface area contributed by atoms with Crippen molar-refractivity contribution in [1.82, 2.24) is 5.32 Å². The molecule has 122 valence electrons. The number of aliphatic hydroxyl groups is 1. The van der Waals surface area contributed by atoms with Crippen LogP contribution in [0.3, 0.4) is 0 Å². The van der Waals surface area contributed by atoms with Crippen molar-refractivity contribution in [2.75, 3.05) is 6.54 Å². The third-order valence-electron chi connectivity index (χ3n) is 3.70. The third kappa shape index (κ3) is 4.87. The summed E-state index contributed by atoms with van der Waals surface area (Å²) < 4.78 is 13.5. The number of nitrogens with two attached hydrogens (primary N) is 1. The molecule has 0 fully saturated rings. The molecule has 0 spiro atoms. The monoisotopic (exact) mass is 316 g/mol. The lowest BCUT2D eigenvalue weighted by Gasteiger charge is -2.13. The van der Waals surface area contributed by atoms with E-state index in [2.05, 4.69) is 5.32 Å². The van der Waals surface area contributed by atoms with E-state index in [0.29, 0.717) is 19.4 Å². The van der Waals surface area contributed by atoms with Gasteiger partial charge in [0, 0.05) is 13.1 Å². The number of aliphatic hydroxyl groups excluding tert-OH is 1. The van der Waals surface area contributed by atoms with Gasteiger partial charge < -0.3 is 16.2 Å². The molecule has 0 bridgehead atoms. The van der Waals surface area contributed by atoms with Crippen LogP contribution in [-0.2, 0) is 13.0 Å². The highest BCUT2D eigenvalue weighted by Gasteiger charge is 2.13. The largest absolute Gasteiger partial charge is 0.391 e. The average Bonchev–Trinajstić information content (AvgIpc) is 2.58. The van der Waals surface area contributed by atoms with Gasteiger partial charge in [-0.1, -0.05) is 36.4 Å². The van der Waals surface area contributed by atoms with Gasteiger partial charge in [-0.25, -0.2) is 4.39 Å². The quantitative estimate of drug-likeness (QED) is 0.731. The molecule has 2 aromatic carbocycles. The van der Waals surface area contributed by atoms with Crippen LogP contribution < -0.4 is 11.1 Å². The summed E-state index contributed by atoms with van der Waals surface area (Å²) >= 11 is 0. The molecule has 4 N–H and O–H groups in total. The van der Waals surface area contributed by atoms with Crippen LogP contribution in [-0.4, -0.2) is 23.7 Å². The van der Waals surface area contributed by atoms with E-state index in [1.807, 2.05) is 24.3 Å². The number of benzene rings is 2. The van der Waals surface area contributed by atoms with Crippen molar-refractivity contribution in [3.05, 3.63) is 71.0 Å². The SMILES string of the molecule is NCc1ccccc1CC[C@H](O)CNC(=O)c1ccccc1F. The molecule has 0 aliphatic carbocycles. The van der Waals surface area contributed by atoms with Gasteiger partial charge in [-0.05, 0) is 36.1 Å². The van der Waals surface area contributed by atoms with Gasteiger partial charge >= 0.3 is 0 Å². The van der Waals surface area contributed by atoms with Crippen molar-refractivity contribution in [2.24, 2.45) is 5.73 Å². The van der Waals surface area contributed by atoms with Crippen molar-refractivity contribution in [3.63, 3.8) is 0 Å². The van der Waals surface area contributed by atoms with Crippen molar-refractivity contribution in [3.8, 4) is 0 Å². The van der Waals surface area contributed by atoms with Gasteiger partial charge in [0.2, 0.25) is 0 Å². The van der Waals surface area contributed by atoms with Crippen LogP contribution in [0.25, 0.3) is 0 Å². The Labute approximate surface area is 135 Å². The molecule has 23 heavy (non-hydrogen) atoms. The molecule has 2 aromatic rings. The minimum atomic E-state index is -0.698. The summed E-state index contributed by atoms with van der Waals surface area (Å²) in [6, 6.07) is 13.6. The van der Waals surface area contributed by atoms with E-state index in [0.717, 1.165) is 11.1 Å². The fourth-order valence-corrected chi connectivity index (χ4v) is 2.38. The van der Waals surface area contributed by atoms with Gasteiger partial charge in [-0.2, -0.15) is 0 Å². The van der Waals surface area contributed by atoms with E-state index in [4.69, 9.17) is 5.73 Å². The standard InChI is InChI=1S/C18H21FN2O2/c19-17-8-4-3-7-16(17)18(23)21-12-15(22)10-9-13-5-1-2-6-14(13)11-20/h1-8,15,22H,9-12,20H2,(H,21,23)/t15-/m0/s1. The minimum Gasteiger partial charge on any atom is -0.391 e. The molecule has 5 heteroatoms. The molecule has 1 atom stereocenters. The molecule has 0 saturated heterocycles. The number of aryl methyl sites for hydroxylation is 1. The Hall–Kier alpha value is -2.24. The predicted molar refractivity (Wildman–Crippen MR) is 87.4 cm³/mol. The van der Waals surface area contributed by atoms with Crippen LogP contribution in [0.4, 0.5) is 4.39 Å². The number of amides is 1. The molecular weight excluding hydrogens is 295 g/mol. The first-order valence-electron chi connectivity index (χ1n) is 7.59. The van der Waals surface area contributed by atoms with Crippen LogP contribution in [0.2, 0.25) is 0 Å². The summed E-state index contributed by atoms with van der Waals surface area (Å²) in [5.41, 5.74) is 7.80. The Morgan fingerprint density at radius 1 is 1.13 bits per heavy atom. The van der Waals surface area contributed by atoms with Gasteiger partial charge in [0.1, 0.15) is 5.82 Å².